The van der Waals surface area contributed by atoms with Crippen molar-refractivity contribution in [1.82, 2.24) is 14.7 Å². The molecule has 3 N–H and O–H groups in total. The maximum absolute atomic E-state index is 14.5. The number of likely N-dealkylation sites (tertiary alicyclic amines) is 1. The van der Waals surface area contributed by atoms with Gasteiger partial charge < -0.3 is 25.4 Å². The highest BCUT2D eigenvalue weighted by atomic mass is 35.5. The molecule has 5 rings (SSSR count). The molecule has 2 aliphatic heterocycles. The van der Waals surface area contributed by atoms with Crippen molar-refractivity contribution in [3.8, 4) is 22.6 Å². The van der Waals surface area contributed by atoms with Crippen LogP contribution in [0.4, 0.5) is 4.39 Å². The number of phenolic OH excluding ortho intramolecular Hbond substituents is 1. The normalized spacial score (nSPS) is 17.5. The highest BCUT2D eigenvalue weighted by Crippen LogP contribution is 2.32. The van der Waals surface area contributed by atoms with Crippen molar-refractivity contribution in [2.45, 2.75) is 38.8 Å². The second-order valence-electron chi connectivity index (χ2n) is 11.7. The molecule has 0 aliphatic carbocycles. The number of nitrogens with zero attached hydrogens (tertiary/aromatic N) is 3. The number of amides is 1. The molecule has 0 saturated carbocycles. The van der Waals surface area contributed by atoms with Gasteiger partial charge in [0.15, 0.2) is 0 Å². The van der Waals surface area contributed by atoms with Crippen molar-refractivity contribution < 1.29 is 19.0 Å². The minimum absolute atomic E-state index is 0.0114. The van der Waals surface area contributed by atoms with Crippen LogP contribution in [-0.2, 0) is 17.8 Å². The fourth-order valence-corrected chi connectivity index (χ4v) is 6.76. The van der Waals surface area contributed by atoms with E-state index in [4.69, 9.17) is 33.7 Å². The van der Waals surface area contributed by atoms with E-state index in [2.05, 4.69) is 9.80 Å². The number of carbonyl (C=O) groups is 1. The van der Waals surface area contributed by atoms with Crippen LogP contribution in [0.3, 0.4) is 0 Å². The monoisotopic (exact) mass is 642 g/mol. The first-order valence-electron chi connectivity index (χ1n) is 15.4. The Morgan fingerprint density at radius 1 is 1.00 bits per heavy atom. The summed E-state index contributed by atoms with van der Waals surface area (Å²) >= 11 is 12.5. The van der Waals surface area contributed by atoms with Gasteiger partial charge in [-0.2, -0.15) is 0 Å². The van der Waals surface area contributed by atoms with Crippen molar-refractivity contribution in [1.29, 1.82) is 0 Å². The average Bonchev–Trinajstić information content (AvgIpc) is 3.01. The Bertz CT molecular complexity index is 1420. The molecule has 2 aliphatic rings. The molecule has 1 atom stereocenters. The number of halogens is 3. The lowest BCUT2D eigenvalue weighted by molar-refractivity contribution is -0.136. The van der Waals surface area contributed by atoms with Crippen molar-refractivity contribution >= 4 is 29.1 Å². The number of rotatable bonds is 10. The number of piperidine rings is 1. The topological polar surface area (TPSA) is 82.3 Å². The maximum atomic E-state index is 14.5. The number of hydrogen-bond acceptors (Lipinski definition) is 6. The van der Waals surface area contributed by atoms with Gasteiger partial charge in [-0.25, -0.2) is 4.39 Å². The highest BCUT2D eigenvalue weighted by molar-refractivity contribution is 6.31. The molecular weight excluding hydrogens is 602 g/mol. The number of ether oxygens (including phenoxy) is 1. The highest BCUT2D eigenvalue weighted by Gasteiger charge is 2.33. The summed E-state index contributed by atoms with van der Waals surface area (Å²) in [6.07, 6.45) is 2.53. The fourth-order valence-electron chi connectivity index (χ4n) is 6.34. The number of benzene rings is 3. The lowest BCUT2D eigenvalue weighted by atomic mass is 9.88. The Balaban J connectivity index is 1.10. The second-order valence-corrected chi connectivity index (χ2v) is 12.6. The number of carbonyl (C=O) groups excluding carboxylic acids is 1. The molecule has 3 aromatic rings. The van der Waals surface area contributed by atoms with Gasteiger partial charge in [0.2, 0.25) is 5.91 Å². The van der Waals surface area contributed by atoms with E-state index >= 15 is 0 Å². The number of nitrogens with two attached hydrogens (primary N) is 1. The maximum Gasteiger partial charge on any atom is 0.239 e. The molecule has 10 heteroatoms. The van der Waals surface area contributed by atoms with Crippen molar-refractivity contribution in [3.63, 3.8) is 0 Å². The first-order chi connectivity index (χ1) is 21.2. The number of hydrogen-bond donors (Lipinski definition) is 2. The van der Waals surface area contributed by atoms with Crippen molar-refractivity contribution in [3.05, 3.63) is 81.6 Å². The zero-order chi connectivity index (χ0) is 31.2. The van der Waals surface area contributed by atoms with E-state index in [-0.39, 0.29) is 23.4 Å². The molecule has 0 spiro atoms. The Hall–Kier alpha value is -2.88. The lowest BCUT2D eigenvalue weighted by Crippen LogP contribution is -2.55. The predicted molar refractivity (Wildman–Crippen MR) is 174 cm³/mol. The van der Waals surface area contributed by atoms with Gasteiger partial charge in [-0.1, -0.05) is 35.3 Å². The molecule has 2 heterocycles. The van der Waals surface area contributed by atoms with E-state index < -0.39 is 6.04 Å². The molecule has 44 heavy (non-hydrogen) atoms. The fraction of sp³-hybridized carbons (Fsp3) is 0.441. The molecule has 0 bridgehead atoms. The minimum Gasteiger partial charge on any atom is -0.508 e. The number of piperazine rings is 1. The van der Waals surface area contributed by atoms with Gasteiger partial charge in [-0.15, -0.1) is 0 Å². The number of phenols is 1. The predicted octanol–water partition coefficient (Wildman–Crippen LogP) is 5.83. The minimum atomic E-state index is -0.519. The molecular formula is C34H41Cl2FN4O3. The zero-order valence-corrected chi connectivity index (χ0v) is 26.7. The van der Waals surface area contributed by atoms with Crippen LogP contribution in [0.25, 0.3) is 11.1 Å². The largest absolute Gasteiger partial charge is 0.508 e. The van der Waals surface area contributed by atoms with Crippen LogP contribution < -0.4 is 10.5 Å². The molecule has 2 fully saturated rings. The van der Waals surface area contributed by atoms with Gasteiger partial charge in [0.25, 0.3) is 0 Å². The first-order valence-corrected chi connectivity index (χ1v) is 16.1. The quantitative estimate of drug-likeness (QED) is 0.290. The third-order valence-electron chi connectivity index (χ3n) is 8.82. The van der Waals surface area contributed by atoms with Gasteiger partial charge in [0.1, 0.15) is 17.3 Å². The van der Waals surface area contributed by atoms with Crippen LogP contribution in [0.2, 0.25) is 10.0 Å². The summed E-state index contributed by atoms with van der Waals surface area (Å²) in [6, 6.07) is 15.3. The summed E-state index contributed by atoms with van der Waals surface area (Å²) in [7, 11) is 0. The third kappa shape index (κ3) is 8.03. The summed E-state index contributed by atoms with van der Waals surface area (Å²) in [5.74, 6) is 0.588. The summed E-state index contributed by atoms with van der Waals surface area (Å²) < 4.78 is 20.2. The SMILES string of the molecule is CCOc1cccc(F)c1CN1CCN(C(=O)[C@H](N)C2CCN(CCc3cc(Cl)ccc3-c3cc(O)cc(Cl)c3)CC2)CC1. The molecule has 0 aromatic heterocycles. The van der Waals surface area contributed by atoms with E-state index in [1.807, 2.05) is 36.1 Å². The van der Waals surface area contributed by atoms with Gasteiger partial charge >= 0.3 is 0 Å². The average molecular weight is 644 g/mol. The summed E-state index contributed by atoms with van der Waals surface area (Å²) in [6.45, 7) is 7.90. The van der Waals surface area contributed by atoms with E-state index in [0.717, 1.165) is 55.6 Å². The summed E-state index contributed by atoms with van der Waals surface area (Å²) in [5.41, 5.74) is 10.1. The van der Waals surface area contributed by atoms with Gasteiger partial charge in [0.05, 0.1) is 12.6 Å². The third-order valence-corrected chi connectivity index (χ3v) is 9.28. The van der Waals surface area contributed by atoms with Crippen LogP contribution in [0.15, 0.2) is 54.6 Å². The van der Waals surface area contributed by atoms with Gasteiger partial charge in [-0.3, -0.25) is 9.69 Å². The molecule has 2 saturated heterocycles. The van der Waals surface area contributed by atoms with Crippen molar-refractivity contribution in [2.75, 3.05) is 52.4 Å². The van der Waals surface area contributed by atoms with E-state index in [9.17, 15) is 14.3 Å². The Labute approximate surface area is 269 Å². The van der Waals surface area contributed by atoms with E-state index in [0.29, 0.717) is 60.7 Å². The van der Waals surface area contributed by atoms with Crippen LogP contribution in [0, 0.1) is 11.7 Å². The smallest absolute Gasteiger partial charge is 0.239 e. The Morgan fingerprint density at radius 3 is 2.45 bits per heavy atom. The van der Waals surface area contributed by atoms with Gasteiger partial charge in [-0.05, 0) is 104 Å². The van der Waals surface area contributed by atoms with Crippen LogP contribution >= 0.6 is 23.2 Å². The Morgan fingerprint density at radius 2 is 1.75 bits per heavy atom. The van der Waals surface area contributed by atoms with Crippen LogP contribution in [-0.4, -0.2) is 84.2 Å². The number of aromatic hydroxyl groups is 1. The second kappa shape index (κ2) is 14.9. The Kier molecular flexibility index (Phi) is 11.0. The van der Waals surface area contributed by atoms with Gasteiger partial charge in [0, 0.05) is 54.9 Å². The molecule has 236 valence electrons. The first kappa shape index (κ1) is 32.5. The molecule has 0 unspecified atom stereocenters. The summed E-state index contributed by atoms with van der Waals surface area (Å²) in [5, 5.41) is 11.2. The molecule has 0 radical (unpaired) electrons. The standard InChI is InChI=1S/C34H41Cl2FN4O3/c1-2-44-32-5-3-4-31(37)30(32)22-40-14-16-41(17-15-40)34(43)33(38)23-8-11-39(12-9-23)13-10-24-18-26(35)6-7-29(24)25-19-27(36)21-28(42)20-25/h3-7,18-21,23,33,42H,2,8-17,22,38H2,1H3/t33-/m1/s1. The van der Waals surface area contributed by atoms with E-state index in [1.165, 1.54) is 12.1 Å². The molecule has 1 amide bonds. The lowest BCUT2D eigenvalue weighted by Gasteiger charge is -2.39. The van der Waals surface area contributed by atoms with Crippen LogP contribution in [0.5, 0.6) is 11.5 Å². The van der Waals surface area contributed by atoms with Crippen molar-refractivity contribution in [2.24, 2.45) is 11.7 Å². The summed E-state index contributed by atoms with van der Waals surface area (Å²) in [4.78, 5) is 19.8. The molecule has 7 nitrogen and oxygen atoms in total. The van der Waals surface area contributed by atoms with Crippen LogP contribution in [0.1, 0.15) is 30.9 Å². The zero-order valence-electron chi connectivity index (χ0n) is 25.2. The van der Waals surface area contributed by atoms with E-state index in [1.54, 1.807) is 18.2 Å². The molecule has 3 aromatic carbocycles.